The molecule has 2 rings (SSSR count). The average Bonchev–Trinajstić information content (AvgIpc) is 2.55. The molecule has 0 unspecified atom stereocenters. The highest BCUT2D eigenvalue weighted by Gasteiger charge is 2.18. The Hall–Kier alpha value is -2.54. The number of rotatable bonds is 6. The maximum absolute atomic E-state index is 12.3. The Balaban J connectivity index is 2.18. The number of aryl methyl sites for hydroxylation is 1. The van der Waals surface area contributed by atoms with E-state index in [9.17, 15) is 8.42 Å². The molecule has 7 heteroatoms. The Bertz CT molecular complexity index is 799. The van der Waals surface area contributed by atoms with E-state index >= 15 is 0 Å². The minimum atomic E-state index is -3.81. The van der Waals surface area contributed by atoms with Gasteiger partial charge in [-0.2, -0.15) is 18.4 Å². The van der Waals surface area contributed by atoms with E-state index in [2.05, 4.69) is 9.93 Å². The van der Waals surface area contributed by atoms with Crippen LogP contribution in [0.4, 0.5) is 0 Å². The topological polar surface area (TPSA) is 77.0 Å². The highest BCUT2D eigenvalue weighted by Crippen LogP contribution is 2.24. The third-order valence-electron chi connectivity index (χ3n) is 3.11. The third kappa shape index (κ3) is 4.23. The SMILES string of the molecule is COc1ccc(/C=N/NS(=O)(=O)c2cc(C)ccc2OC)cc1. The molecule has 0 atom stereocenters. The summed E-state index contributed by atoms with van der Waals surface area (Å²) in [4.78, 5) is 2.23. The molecule has 1 N–H and O–H groups in total. The van der Waals surface area contributed by atoms with E-state index in [0.717, 1.165) is 11.1 Å². The largest absolute Gasteiger partial charge is 0.497 e. The summed E-state index contributed by atoms with van der Waals surface area (Å²) in [7, 11) is -0.809. The van der Waals surface area contributed by atoms with Crippen LogP contribution in [0, 0.1) is 6.92 Å². The van der Waals surface area contributed by atoms with E-state index in [1.54, 1.807) is 50.4 Å². The van der Waals surface area contributed by atoms with Crippen molar-refractivity contribution in [3.8, 4) is 11.5 Å². The van der Waals surface area contributed by atoms with Crippen LogP contribution in [0.15, 0.2) is 52.5 Å². The molecule has 0 bridgehead atoms. The first-order valence-corrected chi connectivity index (χ1v) is 8.28. The number of nitrogens with one attached hydrogen (secondary N) is 1. The number of nitrogens with zero attached hydrogens (tertiary/aromatic N) is 1. The quantitative estimate of drug-likeness (QED) is 0.650. The van der Waals surface area contributed by atoms with E-state index in [0.29, 0.717) is 5.75 Å². The minimum Gasteiger partial charge on any atom is -0.497 e. The van der Waals surface area contributed by atoms with Crippen LogP contribution < -0.4 is 14.3 Å². The van der Waals surface area contributed by atoms with Crippen molar-refractivity contribution in [3.63, 3.8) is 0 Å². The van der Waals surface area contributed by atoms with Crippen molar-refractivity contribution in [2.24, 2.45) is 5.10 Å². The summed E-state index contributed by atoms with van der Waals surface area (Å²) in [6, 6.07) is 12.0. The number of methoxy groups -OCH3 is 2. The Morgan fingerprint density at radius 3 is 2.35 bits per heavy atom. The van der Waals surface area contributed by atoms with Crippen molar-refractivity contribution in [1.82, 2.24) is 4.83 Å². The molecule has 0 amide bonds. The van der Waals surface area contributed by atoms with Crippen LogP contribution in [0.1, 0.15) is 11.1 Å². The fourth-order valence-corrected chi connectivity index (χ4v) is 2.95. The molecule has 6 nitrogen and oxygen atoms in total. The van der Waals surface area contributed by atoms with Crippen molar-refractivity contribution in [2.45, 2.75) is 11.8 Å². The summed E-state index contributed by atoms with van der Waals surface area (Å²) in [6.45, 7) is 1.80. The van der Waals surface area contributed by atoms with E-state index < -0.39 is 10.0 Å². The zero-order chi connectivity index (χ0) is 16.9. The van der Waals surface area contributed by atoms with Gasteiger partial charge in [0.25, 0.3) is 10.0 Å². The first-order chi connectivity index (χ1) is 11.0. The van der Waals surface area contributed by atoms with E-state index in [4.69, 9.17) is 9.47 Å². The lowest BCUT2D eigenvalue weighted by molar-refractivity contribution is 0.402. The predicted molar refractivity (Wildman–Crippen MR) is 88.6 cm³/mol. The summed E-state index contributed by atoms with van der Waals surface area (Å²) in [6.07, 6.45) is 1.42. The van der Waals surface area contributed by atoms with Gasteiger partial charge < -0.3 is 9.47 Å². The number of ether oxygens (including phenoxy) is 2. The van der Waals surface area contributed by atoms with Crippen LogP contribution in [0.5, 0.6) is 11.5 Å². The number of benzene rings is 2. The van der Waals surface area contributed by atoms with Crippen LogP contribution in [0.2, 0.25) is 0 Å². The van der Waals surface area contributed by atoms with E-state index in [-0.39, 0.29) is 10.6 Å². The number of hydrogen-bond donors (Lipinski definition) is 1. The van der Waals surface area contributed by atoms with Gasteiger partial charge in [-0.3, -0.25) is 0 Å². The normalized spacial score (nSPS) is 11.4. The Morgan fingerprint density at radius 2 is 1.74 bits per heavy atom. The van der Waals surface area contributed by atoms with Gasteiger partial charge in [-0.15, -0.1) is 0 Å². The van der Waals surface area contributed by atoms with Crippen LogP contribution in [-0.2, 0) is 10.0 Å². The number of sulfonamides is 1. The molecular weight excluding hydrogens is 316 g/mol. The Labute approximate surface area is 135 Å². The molecule has 0 fully saturated rings. The molecule has 0 aromatic heterocycles. The zero-order valence-electron chi connectivity index (χ0n) is 13.1. The van der Waals surface area contributed by atoms with Crippen LogP contribution in [-0.4, -0.2) is 28.9 Å². The molecule has 0 saturated heterocycles. The molecule has 2 aromatic carbocycles. The van der Waals surface area contributed by atoms with Crippen molar-refractivity contribution in [1.29, 1.82) is 0 Å². The lowest BCUT2D eigenvalue weighted by Crippen LogP contribution is -2.19. The van der Waals surface area contributed by atoms with Crippen LogP contribution >= 0.6 is 0 Å². The van der Waals surface area contributed by atoms with Gasteiger partial charge in [0.2, 0.25) is 0 Å². The van der Waals surface area contributed by atoms with Gasteiger partial charge in [0, 0.05) is 0 Å². The number of hydrazone groups is 1. The van der Waals surface area contributed by atoms with Gasteiger partial charge >= 0.3 is 0 Å². The molecular formula is C16H18N2O4S. The highest BCUT2D eigenvalue weighted by atomic mass is 32.2. The summed E-state index contributed by atoms with van der Waals surface area (Å²) >= 11 is 0. The maximum Gasteiger partial charge on any atom is 0.280 e. The lowest BCUT2D eigenvalue weighted by Gasteiger charge is -2.09. The zero-order valence-corrected chi connectivity index (χ0v) is 13.9. The lowest BCUT2D eigenvalue weighted by atomic mass is 10.2. The molecule has 0 aliphatic heterocycles. The van der Waals surface area contributed by atoms with Crippen molar-refractivity contribution >= 4 is 16.2 Å². The van der Waals surface area contributed by atoms with Gasteiger partial charge in [0.05, 0.1) is 20.4 Å². The second-order valence-corrected chi connectivity index (χ2v) is 6.41. The third-order valence-corrected chi connectivity index (χ3v) is 4.35. The molecule has 0 saturated carbocycles. The molecule has 0 aliphatic carbocycles. The predicted octanol–water partition coefficient (Wildman–Crippen LogP) is 2.32. The standard InChI is InChI=1S/C16H18N2O4S/c1-12-4-9-15(22-3)16(10-12)23(19,20)18-17-11-13-5-7-14(21-2)8-6-13/h4-11,18H,1-3H3/b17-11+. The Morgan fingerprint density at radius 1 is 1.04 bits per heavy atom. The fraction of sp³-hybridized carbons (Fsp3) is 0.188. The van der Waals surface area contributed by atoms with Crippen LogP contribution in [0.3, 0.4) is 0 Å². The highest BCUT2D eigenvalue weighted by molar-refractivity contribution is 7.89. The van der Waals surface area contributed by atoms with E-state index in [1.807, 2.05) is 0 Å². The summed E-state index contributed by atoms with van der Waals surface area (Å²) in [5.74, 6) is 0.981. The van der Waals surface area contributed by atoms with Crippen molar-refractivity contribution in [3.05, 3.63) is 53.6 Å². The van der Waals surface area contributed by atoms with Crippen LogP contribution in [0.25, 0.3) is 0 Å². The molecule has 2 aromatic rings. The Kier molecular flexibility index (Phi) is 5.23. The van der Waals surface area contributed by atoms with E-state index in [1.165, 1.54) is 19.4 Å². The first-order valence-electron chi connectivity index (χ1n) is 6.80. The second-order valence-electron chi connectivity index (χ2n) is 4.78. The first kappa shape index (κ1) is 16.8. The molecule has 0 aliphatic rings. The van der Waals surface area contributed by atoms with Crippen molar-refractivity contribution < 1.29 is 17.9 Å². The van der Waals surface area contributed by atoms with Gasteiger partial charge in [-0.25, -0.2) is 0 Å². The molecule has 0 radical (unpaired) electrons. The smallest absolute Gasteiger partial charge is 0.280 e. The molecule has 0 heterocycles. The van der Waals surface area contributed by atoms with Gasteiger partial charge in [0.15, 0.2) is 0 Å². The summed E-state index contributed by atoms with van der Waals surface area (Å²) < 4.78 is 34.8. The van der Waals surface area contributed by atoms with Gasteiger partial charge in [-0.1, -0.05) is 6.07 Å². The molecule has 0 spiro atoms. The summed E-state index contributed by atoms with van der Waals surface area (Å²) in [5.41, 5.74) is 1.55. The minimum absolute atomic E-state index is 0.0480. The van der Waals surface area contributed by atoms with Gasteiger partial charge in [-0.05, 0) is 54.4 Å². The number of hydrogen-bond acceptors (Lipinski definition) is 5. The second kappa shape index (κ2) is 7.15. The average molecular weight is 334 g/mol. The summed E-state index contributed by atoms with van der Waals surface area (Å²) in [5, 5.41) is 3.79. The molecule has 122 valence electrons. The fourth-order valence-electron chi connectivity index (χ4n) is 1.90. The monoisotopic (exact) mass is 334 g/mol. The van der Waals surface area contributed by atoms with Crippen molar-refractivity contribution in [2.75, 3.05) is 14.2 Å². The van der Waals surface area contributed by atoms with Gasteiger partial charge in [0.1, 0.15) is 16.4 Å². The molecule has 23 heavy (non-hydrogen) atoms. The maximum atomic E-state index is 12.3.